The van der Waals surface area contributed by atoms with Crippen LogP contribution >= 0.6 is 0 Å². The van der Waals surface area contributed by atoms with Crippen molar-refractivity contribution in [2.24, 2.45) is 0 Å². The van der Waals surface area contributed by atoms with Gasteiger partial charge < -0.3 is 0 Å². The Bertz CT molecular complexity index is 488. The second-order valence-corrected chi connectivity index (χ2v) is 3.27. The second-order valence-electron chi connectivity index (χ2n) is 3.27. The summed E-state index contributed by atoms with van der Waals surface area (Å²) in [7, 11) is 0. The third kappa shape index (κ3) is 2.67. The maximum Gasteiger partial charge on any atom is 0.204 e. The van der Waals surface area contributed by atoms with Gasteiger partial charge in [0.25, 0.3) is 0 Å². The predicted octanol–water partition coefficient (Wildman–Crippen LogP) is 1.29. The van der Waals surface area contributed by atoms with E-state index in [1.165, 1.54) is 0 Å². The second kappa shape index (κ2) is 5.08. The zero-order valence-electron chi connectivity index (χ0n) is 9.09. The molecule has 2 rings (SSSR count). The van der Waals surface area contributed by atoms with Crippen molar-refractivity contribution in [3.05, 3.63) is 42.2 Å². The van der Waals surface area contributed by atoms with E-state index in [4.69, 9.17) is 0 Å². The number of hydrogen-bond acceptors (Lipinski definition) is 3. The van der Waals surface area contributed by atoms with Crippen molar-refractivity contribution in [1.82, 2.24) is 19.7 Å². The van der Waals surface area contributed by atoms with Gasteiger partial charge in [0.15, 0.2) is 0 Å². The Morgan fingerprint density at radius 2 is 2.12 bits per heavy atom. The van der Waals surface area contributed by atoms with Gasteiger partial charge in [0.1, 0.15) is 6.54 Å². The average Bonchev–Trinajstić information content (AvgIpc) is 2.83. The van der Waals surface area contributed by atoms with Gasteiger partial charge in [-0.15, -0.1) is 0 Å². The Labute approximate surface area is 94.4 Å². The van der Waals surface area contributed by atoms with Crippen LogP contribution in [0.15, 0.2) is 30.9 Å². The molecule has 0 unspecified atom stereocenters. The van der Waals surface area contributed by atoms with Gasteiger partial charge in [-0.05, 0) is 24.0 Å². The topological polar surface area (TPSA) is 43.6 Å². The highest BCUT2D eigenvalue weighted by molar-refractivity contribution is 5.21. The van der Waals surface area contributed by atoms with Gasteiger partial charge in [0.2, 0.25) is 5.82 Å². The highest BCUT2D eigenvalue weighted by Gasteiger charge is 1.91. The fraction of sp³-hybridized carbons (Fsp3) is 0.250. The normalized spacial score (nSPS) is 9.56. The van der Waals surface area contributed by atoms with Gasteiger partial charge in [0.05, 0.1) is 0 Å². The van der Waals surface area contributed by atoms with Crippen molar-refractivity contribution < 1.29 is 0 Å². The smallest absolute Gasteiger partial charge is 0.204 e. The summed E-state index contributed by atoms with van der Waals surface area (Å²) in [4.78, 5) is 8.31. The van der Waals surface area contributed by atoms with Crippen LogP contribution < -0.4 is 0 Å². The SMILES string of the molecule is CCc1cnc(C#CCn2cccn2)nc1. The quantitative estimate of drug-likeness (QED) is 0.704. The van der Waals surface area contributed by atoms with E-state index in [1.807, 2.05) is 24.7 Å². The molecule has 0 atom stereocenters. The molecule has 0 N–H and O–H groups in total. The molecule has 2 aromatic heterocycles. The minimum atomic E-state index is 0.560. The van der Waals surface area contributed by atoms with E-state index < -0.39 is 0 Å². The monoisotopic (exact) mass is 212 g/mol. The van der Waals surface area contributed by atoms with E-state index in [-0.39, 0.29) is 0 Å². The molecule has 0 radical (unpaired) electrons. The van der Waals surface area contributed by atoms with Crippen LogP contribution in [0.2, 0.25) is 0 Å². The summed E-state index contributed by atoms with van der Waals surface area (Å²) >= 11 is 0. The third-order valence-electron chi connectivity index (χ3n) is 2.11. The van der Waals surface area contributed by atoms with Crippen LogP contribution in [0.5, 0.6) is 0 Å². The van der Waals surface area contributed by atoms with E-state index in [2.05, 4.69) is 33.8 Å². The Balaban J connectivity index is 2.01. The largest absolute Gasteiger partial charge is 0.261 e. The highest BCUT2D eigenvalue weighted by Crippen LogP contribution is 1.95. The lowest BCUT2D eigenvalue weighted by Crippen LogP contribution is -1.96. The van der Waals surface area contributed by atoms with Gasteiger partial charge in [-0.2, -0.15) is 5.10 Å². The van der Waals surface area contributed by atoms with Crippen molar-refractivity contribution in [3.63, 3.8) is 0 Å². The molecule has 0 fully saturated rings. The summed E-state index contributed by atoms with van der Waals surface area (Å²) in [6.07, 6.45) is 8.17. The molecular weight excluding hydrogens is 200 g/mol. The standard InChI is InChI=1S/C12H12N4/c1-2-11-9-13-12(14-10-11)5-3-7-16-8-4-6-15-16/h4,6,8-10H,2,7H2,1H3. The zero-order valence-corrected chi connectivity index (χ0v) is 9.09. The molecular formula is C12H12N4. The minimum absolute atomic E-state index is 0.560. The molecule has 2 heterocycles. The molecule has 0 spiro atoms. The predicted molar refractivity (Wildman–Crippen MR) is 60.5 cm³/mol. The van der Waals surface area contributed by atoms with E-state index in [9.17, 15) is 0 Å². The van der Waals surface area contributed by atoms with E-state index in [1.54, 1.807) is 10.9 Å². The molecule has 0 aliphatic heterocycles. The summed E-state index contributed by atoms with van der Waals surface area (Å²) in [5.74, 6) is 6.43. The van der Waals surface area contributed by atoms with Crippen molar-refractivity contribution >= 4 is 0 Å². The first kappa shape index (κ1) is 10.4. The Kier molecular flexibility index (Phi) is 3.29. The highest BCUT2D eigenvalue weighted by atomic mass is 15.3. The lowest BCUT2D eigenvalue weighted by molar-refractivity contribution is 0.715. The van der Waals surface area contributed by atoms with Gasteiger partial charge in [-0.3, -0.25) is 4.68 Å². The Hall–Kier alpha value is -2.15. The summed E-state index contributed by atoms with van der Waals surface area (Å²) in [6, 6.07) is 1.87. The molecule has 0 bridgehead atoms. The molecule has 0 aromatic carbocycles. The molecule has 16 heavy (non-hydrogen) atoms. The first-order valence-corrected chi connectivity index (χ1v) is 5.15. The molecule has 4 heteroatoms. The molecule has 0 aliphatic carbocycles. The summed E-state index contributed by atoms with van der Waals surface area (Å²) in [5, 5.41) is 4.05. The van der Waals surface area contributed by atoms with Crippen LogP contribution in [0.25, 0.3) is 0 Å². The van der Waals surface area contributed by atoms with Gasteiger partial charge in [-0.1, -0.05) is 12.8 Å². The van der Waals surface area contributed by atoms with Crippen molar-refractivity contribution in [2.45, 2.75) is 19.9 Å². The van der Waals surface area contributed by atoms with E-state index in [0.717, 1.165) is 12.0 Å². The first-order chi connectivity index (χ1) is 7.88. The van der Waals surface area contributed by atoms with Gasteiger partial charge >= 0.3 is 0 Å². The fourth-order valence-corrected chi connectivity index (χ4v) is 1.20. The summed E-state index contributed by atoms with van der Waals surface area (Å²) in [5.41, 5.74) is 1.12. The lowest BCUT2D eigenvalue weighted by Gasteiger charge is -1.93. The summed E-state index contributed by atoms with van der Waals surface area (Å²) in [6.45, 7) is 2.63. The Morgan fingerprint density at radius 3 is 2.75 bits per heavy atom. The van der Waals surface area contributed by atoms with E-state index >= 15 is 0 Å². The van der Waals surface area contributed by atoms with Crippen LogP contribution in [-0.2, 0) is 13.0 Å². The van der Waals surface area contributed by atoms with Crippen LogP contribution in [-0.4, -0.2) is 19.7 Å². The van der Waals surface area contributed by atoms with Crippen LogP contribution in [0.3, 0.4) is 0 Å². The van der Waals surface area contributed by atoms with E-state index in [0.29, 0.717) is 12.4 Å². The summed E-state index contributed by atoms with van der Waals surface area (Å²) < 4.78 is 1.76. The average molecular weight is 212 g/mol. The molecule has 80 valence electrons. The maximum atomic E-state index is 4.15. The molecule has 0 saturated carbocycles. The number of rotatable bonds is 2. The molecule has 0 saturated heterocycles. The van der Waals surface area contributed by atoms with Gasteiger partial charge in [0, 0.05) is 24.8 Å². The minimum Gasteiger partial charge on any atom is -0.261 e. The Morgan fingerprint density at radius 1 is 1.31 bits per heavy atom. The van der Waals surface area contributed by atoms with Crippen LogP contribution in [0.4, 0.5) is 0 Å². The number of aryl methyl sites for hydroxylation is 1. The third-order valence-corrected chi connectivity index (χ3v) is 2.11. The maximum absolute atomic E-state index is 4.15. The number of aromatic nitrogens is 4. The molecule has 2 aromatic rings. The molecule has 4 nitrogen and oxygen atoms in total. The molecule has 0 amide bonds. The van der Waals surface area contributed by atoms with Crippen molar-refractivity contribution in [3.8, 4) is 11.8 Å². The van der Waals surface area contributed by atoms with Gasteiger partial charge in [-0.25, -0.2) is 9.97 Å². The molecule has 0 aliphatic rings. The first-order valence-electron chi connectivity index (χ1n) is 5.15. The fourth-order valence-electron chi connectivity index (χ4n) is 1.20. The number of nitrogens with zero attached hydrogens (tertiary/aromatic N) is 4. The van der Waals surface area contributed by atoms with Crippen LogP contribution in [0.1, 0.15) is 18.3 Å². The van der Waals surface area contributed by atoms with Crippen molar-refractivity contribution in [2.75, 3.05) is 0 Å². The van der Waals surface area contributed by atoms with Crippen LogP contribution in [0, 0.1) is 11.8 Å². The van der Waals surface area contributed by atoms with Crippen molar-refractivity contribution in [1.29, 1.82) is 0 Å². The zero-order chi connectivity index (χ0) is 11.2. The number of hydrogen-bond donors (Lipinski definition) is 0. The lowest BCUT2D eigenvalue weighted by atomic mass is 10.3.